The Balaban J connectivity index is 4.04. The van der Waals surface area contributed by atoms with E-state index in [1.54, 1.807) is 0 Å². The van der Waals surface area contributed by atoms with E-state index in [1.165, 1.54) is 0 Å². The second-order valence-corrected chi connectivity index (χ2v) is 1.29. The molecule has 1 radical (unpaired) electrons. The molecule has 1 unspecified atom stereocenters. The van der Waals surface area contributed by atoms with E-state index in [4.69, 9.17) is 0 Å². The molecule has 1 atom stereocenters. The van der Waals surface area contributed by atoms with Crippen molar-refractivity contribution in [1.82, 2.24) is 0 Å². The fourth-order valence-corrected chi connectivity index (χ4v) is 0.156. The van der Waals surface area contributed by atoms with Crippen LogP contribution in [-0.2, 0) is 0 Å². The minimum absolute atomic E-state index is 2.26. The number of hydrogen-bond donors (Lipinski definition) is 0. The van der Waals surface area contributed by atoms with Crippen LogP contribution in [0.2, 0.25) is 0 Å². The average molecular weight is 145 g/mol. The van der Waals surface area contributed by atoms with Gasteiger partial charge >= 0.3 is 6.18 Å². The molecule has 0 nitrogen and oxygen atoms in total. The monoisotopic (exact) mass is 145 g/mol. The lowest BCUT2D eigenvalue weighted by Crippen LogP contribution is -2.24. The Morgan fingerprint density at radius 3 is 1.67 bits per heavy atom. The average Bonchev–Trinajstić information content (AvgIpc) is 1.62. The van der Waals surface area contributed by atoms with Crippen LogP contribution in [0.15, 0.2) is 5.83 Å². The van der Waals surface area contributed by atoms with Crippen LogP contribution in [0, 0.1) is 6.58 Å². The molecular formula is C4H2F5. The molecule has 0 rings (SSSR count). The van der Waals surface area contributed by atoms with Gasteiger partial charge in [0.05, 0.1) is 0 Å². The van der Waals surface area contributed by atoms with Gasteiger partial charge in [-0.1, -0.05) is 0 Å². The first-order valence-electron chi connectivity index (χ1n) is 1.84. The van der Waals surface area contributed by atoms with Crippen LogP contribution < -0.4 is 0 Å². The van der Waals surface area contributed by atoms with Crippen molar-refractivity contribution in [3.05, 3.63) is 12.4 Å². The smallest absolute Gasteiger partial charge is 0.230 e. The molecule has 9 heavy (non-hydrogen) atoms. The van der Waals surface area contributed by atoms with E-state index < -0.39 is 18.2 Å². The van der Waals surface area contributed by atoms with Gasteiger partial charge < -0.3 is 0 Å². The maximum atomic E-state index is 11.4. The van der Waals surface area contributed by atoms with Crippen LogP contribution in [-0.4, -0.2) is 12.3 Å². The van der Waals surface area contributed by atoms with Crippen molar-refractivity contribution < 1.29 is 22.0 Å². The van der Waals surface area contributed by atoms with E-state index in [2.05, 4.69) is 6.58 Å². The van der Waals surface area contributed by atoms with Crippen LogP contribution in [0.3, 0.4) is 0 Å². The van der Waals surface area contributed by atoms with Crippen LogP contribution in [0.25, 0.3) is 0 Å². The maximum Gasteiger partial charge on any atom is 0.426 e. The van der Waals surface area contributed by atoms with E-state index in [9.17, 15) is 22.0 Å². The largest absolute Gasteiger partial charge is 0.426 e. The number of alkyl halides is 4. The van der Waals surface area contributed by atoms with Gasteiger partial charge in [0.25, 0.3) is 0 Å². The van der Waals surface area contributed by atoms with Crippen molar-refractivity contribution in [3.63, 3.8) is 0 Å². The lowest BCUT2D eigenvalue weighted by atomic mass is 10.3. The zero-order valence-corrected chi connectivity index (χ0v) is 4.04. The number of rotatable bonds is 1. The fourth-order valence-electron chi connectivity index (χ4n) is 0.156. The van der Waals surface area contributed by atoms with Gasteiger partial charge in [-0.05, 0) is 6.58 Å². The molecule has 0 spiro atoms. The molecule has 0 fully saturated rings. The van der Waals surface area contributed by atoms with E-state index in [-0.39, 0.29) is 0 Å². The molecule has 53 valence electrons. The summed E-state index contributed by atoms with van der Waals surface area (Å²) in [5.74, 6) is -2.26. The summed E-state index contributed by atoms with van der Waals surface area (Å²) in [5.41, 5.74) is 0. The molecule has 0 saturated carbocycles. The summed E-state index contributed by atoms with van der Waals surface area (Å²) in [7, 11) is 0. The highest BCUT2D eigenvalue weighted by molar-refractivity contribution is 4.91. The van der Waals surface area contributed by atoms with Crippen molar-refractivity contribution in [3.8, 4) is 0 Å². The van der Waals surface area contributed by atoms with Gasteiger partial charge in [-0.25, -0.2) is 8.78 Å². The van der Waals surface area contributed by atoms with E-state index in [0.717, 1.165) is 0 Å². The second-order valence-electron chi connectivity index (χ2n) is 1.29. The molecule has 0 amide bonds. The van der Waals surface area contributed by atoms with Crippen LogP contribution in [0.1, 0.15) is 0 Å². The molecule has 0 saturated heterocycles. The Bertz CT molecular complexity index is 113. The Kier molecular flexibility index (Phi) is 2.17. The molecule has 0 N–H and O–H groups in total. The van der Waals surface area contributed by atoms with Gasteiger partial charge in [0.1, 0.15) is 5.83 Å². The topological polar surface area (TPSA) is 0 Å². The van der Waals surface area contributed by atoms with E-state index in [1.807, 2.05) is 0 Å². The highest BCUT2D eigenvalue weighted by atomic mass is 19.4. The molecule has 0 aromatic carbocycles. The Morgan fingerprint density at radius 2 is 1.67 bits per heavy atom. The predicted molar refractivity (Wildman–Crippen MR) is 19.9 cm³/mol. The first-order valence-corrected chi connectivity index (χ1v) is 1.84. The zero-order chi connectivity index (χ0) is 7.65. The van der Waals surface area contributed by atoms with Crippen LogP contribution in [0.5, 0.6) is 0 Å². The van der Waals surface area contributed by atoms with Crippen molar-refractivity contribution in [1.29, 1.82) is 0 Å². The molecule has 0 aliphatic heterocycles. The Morgan fingerprint density at radius 1 is 1.33 bits per heavy atom. The van der Waals surface area contributed by atoms with Gasteiger partial charge in [0, 0.05) is 0 Å². The third-order valence-corrected chi connectivity index (χ3v) is 0.530. The summed E-state index contributed by atoms with van der Waals surface area (Å²) in [4.78, 5) is 0. The van der Waals surface area contributed by atoms with Crippen LogP contribution in [0.4, 0.5) is 22.0 Å². The van der Waals surface area contributed by atoms with Gasteiger partial charge in [-0.3, -0.25) is 0 Å². The molecular weight excluding hydrogens is 143 g/mol. The normalized spacial score (nSPS) is 15.2. The number of halogens is 5. The summed E-state index contributed by atoms with van der Waals surface area (Å²) in [6, 6.07) is 0. The van der Waals surface area contributed by atoms with Gasteiger partial charge in [-0.2, -0.15) is 13.2 Å². The first-order chi connectivity index (χ1) is 3.85. The molecule has 0 aromatic rings. The minimum atomic E-state index is -5.22. The number of hydrogen-bond acceptors (Lipinski definition) is 0. The molecule has 0 aromatic heterocycles. The number of allylic oxidation sites excluding steroid dienone is 1. The quantitative estimate of drug-likeness (QED) is 0.496. The summed E-state index contributed by atoms with van der Waals surface area (Å²) in [5, 5.41) is 0. The molecule has 5 heteroatoms. The van der Waals surface area contributed by atoms with E-state index in [0.29, 0.717) is 0 Å². The minimum Gasteiger partial charge on any atom is -0.230 e. The van der Waals surface area contributed by atoms with Crippen molar-refractivity contribution in [2.75, 3.05) is 0 Å². The summed E-state index contributed by atoms with van der Waals surface area (Å²) in [6.45, 7) is 3.88. The van der Waals surface area contributed by atoms with Gasteiger partial charge in [0.15, 0.2) is 0 Å². The lowest BCUT2D eigenvalue weighted by Gasteiger charge is -2.07. The van der Waals surface area contributed by atoms with Crippen molar-refractivity contribution in [2.24, 2.45) is 0 Å². The zero-order valence-electron chi connectivity index (χ0n) is 4.04. The van der Waals surface area contributed by atoms with Gasteiger partial charge in [0.2, 0.25) is 6.17 Å². The highest BCUT2D eigenvalue weighted by Gasteiger charge is 2.42. The van der Waals surface area contributed by atoms with Crippen molar-refractivity contribution in [2.45, 2.75) is 12.3 Å². The molecule has 0 aliphatic carbocycles. The summed E-state index contributed by atoms with van der Waals surface area (Å²) >= 11 is 0. The maximum absolute atomic E-state index is 11.4. The summed E-state index contributed by atoms with van der Waals surface area (Å²) in [6.07, 6.45) is -8.88. The second kappa shape index (κ2) is 2.33. The lowest BCUT2D eigenvalue weighted by molar-refractivity contribution is -0.173. The van der Waals surface area contributed by atoms with E-state index >= 15 is 0 Å². The highest BCUT2D eigenvalue weighted by Crippen LogP contribution is 2.27. The third kappa shape index (κ3) is 2.43. The Hall–Kier alpha value is -0.610. The standard InChI is InChI=1S/C4H2F5/c1-2(5)3(6)4(7,8)9/h1,3H. The molecule has 0 heterocycles. The molecule has 0 aliphatic rings. The SMILES string of the molecule is [CH]=C(F)C(F)C(F)(F)F. The van der Waals surface area contributed by atoms with Crippen molar-refractivity contribution >= 4 is 0 Å². The third-order valence-electron chi connectivity index (χ3n) is 0.530. The van der Waals surface area contributed by atoms with Gasteiger partial charge in [-0.15, -0.1) is 0 Å². The summed E-state index contributed by atoms with van der Waals surface area (Å²) < 4.78 is 55.5. The molecule has 0 bridgehead atoms. The Labute approximate surface area is 48.0 Å². The predicted octanol–water partition coefficient (Wildman–Crippen LogP) is 2.17. The fraction of sp³-hybridized carbons (Fsp3) is 0.500. The van der Waals surface area contributed by atoms with Crippen LogP contribution >= 0.6 is 0 Å². The first kappa shape index (κ1) is 8.39.